The molecule has 158 valence electrons. The quantitative estimate of drug-likeness (QED) is 0.389. The molecule has 0 radical (unpaired) electrons. The summed E-state index contributed by atoms with van der Waals surface area (Å²) in [6, 6.07) is 5.52. The van der Waals surface area contributed by atoms with Crippen LogP contribution in [0.3, 0.4) is 0 Å². The van der Waals surface area contributed by atoms with Gasteiger partial charge in [-0.25, -0.2) is 9.18 Å². The van der Waals surface area contributed by atoms with Gasteiger partial charge in [0.15, 0.2) is 5.78 Å². The number of carbonyl (C=O) groups is 5. The number of carbonyl (C=O) groups excluding carboxylic acids is 3. The van der Waals surface area contributed by atoms with Gasteiger partial charge in [-0.2, -0.15) is 0 Å². The highest BCUT2D eigenvalue weighted by Crippen LogP contribution is 2.05. The fraction of sp³-hybridized carbons (Fsp3) is 0.389. The number of carboxylic acid groups (broad SMARTS) is 2. The smallest absolute Gasteiger partial charge is 0.408 e. The van der Waals surface area contributed by atoms with Crippen LogP contribution in [-0.4, -0.2) is 58.7 Å². The van der Waals surface area contributed by atoms with Crippen molar-refractivity contribution in [2.75, 3.05) is 6.67 Å². The number of hydrogen-bond donors (Lipinski definition) is 4. The SMILES string of the molecule is O=C(O)CC[C@H](NC(=O)OCc1ccccc1)C(=O)NC(CC(=O)O)C(=O)CF. The van der Waals surface area contributed by atoms with Crippen LogP contribution in [-0.2, 0) is 30.5 Å². The molecular weight excluding hydrogens is 391 g/mol. The summed E-state index contributed by atoms with van der Waals surface area (Å²) in [6.45, 7) is -1.60. The van der Waals surface area contributed by atoms with Crippen molar-refractivity contribution in [1.82, 2.24) is 10.6 Å². The van der Waals surface area contributed by atoms with Gasteiger partial charge in [0.25, 0.3) is 0 Å². The van der Waals surface area contributed by atoms with E-state index in [1.165, 1.54) is 0 Å². The van der Waals surface area contributed by atoms with Crippen molar-refractivity contribution in [2.24, 2.45) is 0 Å². The molecule has 1 unspecified atom stereocenters. The first-order chi connectivity index (χ1) is 13.7. The van der Waals surface area contributed by atoms with Crippen molar-refractivity contribution in [3.8, 4) is 0 Å². The Kier molecular flexibility index (Phi) is 9.79. The van der Waals surface area contributed by atoms with Gasteiger partial charge in [0, 0.05) is 6.42 Å². The van der Waals surface area contributed by atoms with E-state index < -0.39 is 61.3 Å². The Morgan fingerprint density at radius 2 is 1.62 bits per heavy atom. The van der Waals surface area contributed by atoms with E-state index in [0.29, 0.717) is 5.56 Å². The van der Waals surface area contributed by atoms with Crippen LogP contribution in [0.4, 0.5) is 9.18 Å². The van der Waals surface area contributed by atoms with Gasteiger partial charge in [-0.3, -0.25) is 19.2 Å². The molecule has 0 saturated carbocycles. The molecule has 4 N–H and O–H groups in total. The van der Waals surface area contributed by atoms with Crippen molar-refractivity contribution in [3.05, 3.63) is 35.9 Å². The maximum atomic E-state index is 12.6. The Morgan fingerprint density at radius 3 is 2.17 bits per heavy atom. The van der Waals surface area contributed by atoms with Crippen molar-refractivity contribution in [1.29, 1.82) is 0 Å². The molecule has 0 saturated heterocycles. The molecule has 10 nitrogen and oxygen atoms in total. The Labute approximate surface area is 165 Å². The van der Waals surface area contributed by atoms with Crippen molar-refractivity contribution >= 4 is 29.7 Å². The van der Waals surface area contributed by atoms with Crippen molar-refractivity contribution in [3.63, 3.8) is 0 Å². The van der Waals surface area contributed by atoms with Crippen LogP contribution in [0, 0.1) is 0 Å². The number of aliphatic carboxylic acids is 2. The van der Waals surface area contributed by atoms with Crippen LogP contribution in [0.2, 0.25) is 0 Å². The van der Waals surface area contributed by atoms with Crippen molar-refractivity contribution < 1.29 is 43.3 Å². The molecule has 0 aliphatic rings. The number of ketones is 1. The Bertz CT molecular complexity index is 741. The van der Waals surface area contributed by atoms with E-state index in [1.807, 2.05) is 5.32 Å². The molecule has 2 atom stereocenters. The van der Waals surface area contributed by atoms with Gasteiger partial charge >= 0.3 is 18.0 Å². The van der Waals surface area contributed by atoms with Crippen LogP contribution in [0.5, 0.6) is 0 Å². The van der Waals surface area contributed by atoms with E-state index in [9.17, 15) is 28.4 Å². The minimum Gasteiger partial charge on any atom is -0.481 e. The van der Waals surface area contributed by atoms with Gasteiger partial charge < -0.3 is 25.6 Å². The molecule has 0 fully saturated rings. The summed E-state index contributed by atoms with van der Waals surface area (Å²) in [6.07, 6.45) is -2.74. The van der Waals surface area contributed by atoms with Gasteiger partial charge in [0.05, 0.1) is 6.42 Å². The number of alkyl halides is 1. The van der Waals surface area contributed by atoms with E-state index in [1.54, 1.807) is 30.3 Å². The lowest BCUT2D eigenvalue weighted by Crippen LogP contribution is -2.52. The van der Waals surface area contributed by atoms with E-state index in [-0.39, 0.29) is 13.0 Å². The topological polar surface area (TPSA) is 159 Å². The maximum Gasteiger partial charge on any atom is 0.408 e. The lowest BCUT2D eigenvalue weighted by atomic mass is 10.1. The largest absolute Gasteiger partial charge is 0.481 e. The highest BCUT2D eigenvalue weighted by molar-refractivity contribution is 5.94. The maximum absolute atomic E-state index is 12.6. The van der Waals surface area contributed by atoms with Gasteiger partial charge in [-0.15, -0.1) is 0 Å². The molecular formula is C18H21FN2O8. The molecule has 2 amide bonds. The van der Waals surface area contributed by atoms with E-state index >= 15 is 0 Å². The zero-order chi connectivity index (χ0) is 21.8. The first kappa shape index (κ1) is 23.5. The lowest BCUT2D eigenvalue weighted by Gasteiger charge is -2.21. The summed E-state index contributed by atoms with van der Waals surface area (Å²) in [4.78, 5) is 57.4. The third kappa shape index (κ3) is 9.31. The molecule has 1 aromatic rings. The zero-order valence-corrected chi connectivity index (χ0v) is 15.3. The van der Waals surface area contributed by atoms with Crippen LogP contribution in [0.25, 0.3) is 0 Å². The molecule has 29 heavy (non-hydrogen) atoms. The molecule has 1 aromatic carbocycles. The summed E-state index contributed by atoms with van der Waals surface area (Å²) in [7, 11) is 0. The molecule has 0 spiro atoms. The normalized spacial score (nSPS) is 12.3. The highest BCUT2D eigenvalue weighted by Gasteiger charge is 2.28. The van der Waals surface area contributed by atoms with Gasteiger partial charge in [-0.1, -0.05) is 30.3 Å². The molecule has 0 heterocycles. The average Bonchev–Trinajstić information content (AvgIpc) is 2.68. The van der Waals surface area contributed by atoms with Crippen LogP contribution >= 0.6 is 0 Å². The molecule has 0 aromatic heterocycles. The second-order valence-electron chi connectivity index (χ2n) is 5.95. The van der Waals surface area contributed by atoms with E-state index in [2.05, 4.69) is 5.32 Å². The summed E-state index contributed by atoms with van der Waals surface area (Å²) in [5.41, 5.74) is 0.671. The first-order valence-corrected chi connectivity index (χ1v) is 8.52. The fourth-order valence-corrected chi connectivity index (χ4v) is 2.23. The summed E-state index contributed by atoms with van der Waals surface area (Å²) in [5.74, 6) is -4.89. The van der Waals surface area contributed by atoms with Gasteiger partial charge in [0.2, 0.25) is 5.91 Å². The molecule has 0 bridgehead atoms. The average molecular weight is 412 g/mol. The Balaban J connectivity index is 2.76. The number of hydrogen-bond acceptors (Lipinski definition) is 6. The number of nitrogens with one attached hydrogen (secondary N) is 2. The standard InChI is InChI=1S/C18H21FN2O8/c19-9-14(22)13(8-16(25)26)20-17(27)12(6-7-15(23)24)21-18(28)29-10-11-4-2-1-3-5-11/h1-5,12-13H,6-10H2,(H,20,27)(H,21,28)(H,23,24)(H,25,26)/t12-,13?/m0/s1. The fourth-order valence-electron chi connectivity index (χ4n) is 2.23. The molecule has 1 rings (SSSR count). The monoisotopic (exact) mass is 412 g/mol. The Hall–Kier alpha value is -3.50. The number of Topliss-reactive ketones (excluding diaryl/α,β-unsaturated/α-hetero) is 1. The lowest BCUT2D eigenvalue weighted by molar-refractivity contribution is -0.140. The number of alkyl carbamates (subject to hydrolysis) is 1. The third-order valence-corrected chi connectivity index (χ3v) is 3.68. The van der Waals surface area contributed by atoms with Crippen LogP contribution in [0.15, 0.2) is 30.3 Å². The minimum atomic E-state index is -1.65. The number of ether oxygens (including phenoxy) is 1. The number of halogens is 1. The van der Waals surface area contributed by atoms with Gasteiger partial charge in [0.1, 0.15) is 25.4 Å². The zero-order valence-electron chi connectivity index (χ0n) is 15.3. The van der Waals surface area contributed by atoms with E-state index in [0.717, 1.165) is 0 Å². The summed E-state index contributed by atoms with van der Waals surface area (Å²) < 4.78 is 17.6. The molecule has 11 heteroatoms. The number of amides is 2. The Morgan fingerprint density at radius 1 is 0.966 bits per heavy atom. The van der Waals surface area contributed by atoms with Gasteiger partial charge in [-0.05, 0) is 12.0 Å². The second kappa shape index (κ2) is 12.1. The predicted octanol–water partition coefficient (Wildman–Crippen LogP) is 0.644. The van der Waals surface area contributed by atoms with Crippen LogP contribution < -0.4 is 10.6 Å². The van der Waals surface area contributed by atoms with Crippen molar-refractivity contribution in [2.45, 2.75) is 38.0 Å². The predicted molar refractivity (Wildman–Crippen MR) is 95.6 cm³/mol. The first-order valence-electron chi connectivity index (χ1n) is 8.52. The summed E-state index contributed by atoms with van der Waals surface area (Å²) >= 11 is 0. The molecule has 0 aliphatic carbocycles. The number of carboxylic acids is 2. The number of rotatable bonds is 12. The highest BCUT2D eigenvalue weighted by atomic mass is 19.1. The molecule has 0 aliphatic heterocycles. The number of benzene rings is 1. The second-order valence-corrected chi connectivity index (χ2v) is 5.95. The summed E-state index contributed by atoms with van der Waals surface area (Å²) in [5, 5.41) is 21.8. The minimum absolute atomic E-state index is 0.109. The third-order valence-electron chi connectivity index (χ3n) is 3.68. The van der Waals surface area contributed by atoms with E-state index in [4.69, 9.17) is 14.9 Å². The van der Waals surface area contributed by atoms with Crippen LogP contribution in [0.1, 0.15) is 24.8 Å².